The summed E-state index contributed by atoms with van der Waals surface area (Å²) in [4.78, 5) is 18.4. The number of fused-ring (bicyclic) bond motifs is 3. The Balaban J connectivity index is 2.01. The number of para-hydroxylation sites is 1. The highest BCUT2D eigenvalue weighted by molar-refractivity contribution is 7.71. The molecule has 0 radical (unpaired) electrons. The van der Waals surface area contributed by atoms with E-state index in [1.807, 2.05) is 30.5 Å². The Morgan fingerprint density at radius 3 is 2.95 bits per heavy atom. The van der Waals surface area contributed by atoms with Gasteiger partial charge in [0.25, 0.3) is 0 Å². The number of amides is 1. The second-order valence-electron chi connectivity index (χ2n) is 5.04. The van der Waals surface area contributed by atoms with E-state index in [0.29, 0.717) is 11.2 Å². The smallest absolute Gasteiger partial charge is 0.217 e. The monoisotopic (exact) mass is 300 g/mol. The van der Waals surface area contributed by atoms with Gasteiger partial charge in [-0.05, 0) is 31.1 Å². The van der Waals surface area contributed by atoms with E-state index in [4.69, 9.17) is 18.0 Å². The van der Waals surface area contributed by atoms with E-state index < -0.39 is 0 Å². The summed E-state index contributed by atoms with van der Waals surface area (Å²) >= 11 is 5.41. The molecule has 108 valence electrons. The lowest BCUT2D eigenvalue weighted by molar-refractivity contribution is -0.118. The number of unbranched alkanes of at least 4 members (excludes halogenated alkanes) is 1. The number of H-pyrrole nitrogens is 1. The molecule has 1 aromatic carbocycles. The molecule has 3 N–H and O–H groups in total. The van der Waals surface area contributed by atoms with Crippen LogP contribution < -0.4 is 5.73 Å². The Hall–Kier alpha value is -2.21. The quantitative estimate of drug-likeness (QED) is 0.562. The van der Waals surface area contributed by atoms with Crippen LogP contribution in [0.5, 0.6) is 0 Å². The van der Waals surface area contributed by atoms with Gasteiger partial charge in [0.15, 0.2) is 4.77 Å². The molecule has 0 aliphatic heterocycles. The first-order valence-electron chi connectivity index (χ1n) is 6.91. The number of imidazole rings is 1. The molecular weight excluding hydrogens is 284 g/mol. The third-order valence-corrected chi connectivity index (χ3v) is 3.88. The minimum Gasteiger partial charge on any atom is -0.370 e. The van der Waals surface area contributed by atoms with Gasteiger partial charge >= 0.3 is 0 Å². The molecule has 2 aromatic heterocycles. The van der Waals surface area contributed by atoms with Crippen molar-refractivity contribution in [1.82, 2.24) is 14.5 Å². The van der Waals surface area contributed by atoms with Crippen molar-refractivity contribution in [3.8, 4) is 0 Å². The lowest BCUT2D eigenvalue weighted by Crippen LogP contribution is -2.10. The summed E-state index contributed by atoms with van der Waals surface area (Å²) in [6.07, 6.45) is 3.86. The number of aryl methyl sites for hydroxylation is 1. The molecule has 0 bridgehead atoms. The van der Waals surface area contributed by atoms with Crippen LogP contribution in [0.3, 0.4) is 0 Å². The fourth-order valence-electron chi connectivity index (χ4n) is 2.58. The summed E-state index contributed by atoms with van der Waals surface area (Å²) in [5.74, 6) is -0.257. The number of hydrogen-bond acceptors (Lipinski definition) is 3. The maximum atomic E-state index is 10.8. The zero-order valence-electron chi connectivity index (χ0n) is 11.5. The van der Waals surface area contributed by atoms with Crippen molar-refractivity contribution >= 4 is 40.1 Å². The van der Waals surface area contributed by atoms with Gasteiger partial charge in [-0.3, -0.25) is 9.78 Å². The van der Waals surface area contributed by atoms with Crippen molar-refractivity contribution in [3.63, 3.8) is 0 Å². The van der Waals surface area contributed by atoms with Crippen LogP contribution >= 0.6 is 12.2 Å². The summed E-state index contributed by atoms with van der Waals surface area (Å²) in [6.45, 7) is 0.764. The molecule has 1 amide bonds. The molecular formula is C15H16N4OS. The highest BCUT2D eigenvalue weighted by atomic mass is 32.1. The van der Waals surface area contributed by atoms with Crippen LogP contribution in [0.2, 0.25) is 0 Å². The maximum Gasteiger partial charge on any atom is 0.217 e. The third kappa shape index (κ3) is 2.67. The van der Waals surface area contributed by atoms with Gasteiger partial charge < -0.3 is 15.3 Å². The van der Waals surface area contributed by atoms with Crippen LogP contribution in [0.1, 0.15) is 19.3 Å². The highest BCUT2D eigenvalue weighted by Gasteiger charge is 2.09. The fraction of sp³-hybridized carbons (Fsp3) is 0.267. The number of aromatic nitrogens is 3. The van der Waals surface area contributed by atoms with Gasteiger partial charge in [0, 0.05) is 18.4 Å². The van der Waals surface area contributed by atoms with Gasteiger partial charge in [0.2, 0.25) is 5.91 Å². The van der Waals surface area contributed by atoms with Gasteiger partial charge in [-0.1, -0.05) is 18.2 Å². The van der Waals surface area contributed by atoms with Crippen molar-refractivity contribution in [1.29, 1.82) is 0 Å². The normalized spacial score (nSPS) is 11.2. The van der Waals surface area contributed by atoms with E-state index in [2.05, 4.69) is 14.5 Å². The lowest BCUT2D eigenvalue weighted by Gasteiger charge is -2.06. The van der Waals surface area contributed by atoms with E-state index in [-0.39, 0.29) is 5.91 Å². The van der Waals surface area contributed by atoms with Crippen molar-refractivity contribution < 1.29 is 4.79 Å². The van der Waals surface area contributed by atoms with Crippen LogP contribution in [0.4, 0.5) is 0 Å². The number of benzene rings is 1. The molecule has 0 aliphatic carbocycles. The predicted molar refractivity (Wildman–Crippen MR) is 85.5 cm³/mol. The molecule has 0 saturated heterocycles. The Bertz CT molecular complexity index is 865. The molecule has 0 atom stereocenters. The van der Waals surface area contributed by atoms with Crippen molar-refractivity contribution in [2.24, 2.45) is 5.73 Å². The Labute approximate surface area is 126 Å². The van der Waals surface area contributed by atoms with Crippen molar-refractivity contribution in [2.45, 2.75) is 25.8 Å². The average Bonchev–Trinajstić information content (AvgIpc) is 2.79. The van der Waals surface area contributed by atoms with Crippen LogP contribution in [0, 0.1) is 4.77 Å². The number of pyridine rings is 1. The van der Waals surface area contributed by atoms with Crippen molar-refractivity contribution in [2.75, 3.05) is 0 Å². The Morgan fingerprint density at radius 1 is 1.33 bits per heavy atom. The van der Waals surface area contributed by atoms with Gasteiger partial charge in [0.1, 0.15) is 0 Å². The number of carbonyl (C=O) groups is 1. The number of rotatable bonds is 5. The molecule has 21 heavy (non-hydrogen) atoms. The molecule has 2 heterocycles. The van der Waals surface area contributed by atoms with Gasteiger partial charge in [-0.25, -0.2) is 0 Å². The number of nitrogens with two attached hydrogens (primary N) is 1. The van der Waals surface area contributed by atoms with Crippen LogP contribution in [0.15, 0.2) is 30.5 Å². The Kier molecular flexibility index (Phi) is 3.70. The lowest BCUT2D eigenvalue weighted by atomic mass is 10.2. The summed E-state index contributed by atoms with van der Waals surface area (Å²) in [5, 5.41) is 1.08. The molecule has 3 aromatic rings. The van der Waals surface area contributed by atoms with Gasteiger partial charge in [0.05, 0.1) is 22.7 Å². The third-order valence-electron chi connectivity index (χ3n) is 3.56. The second kappa shape index (κ2) is 5.65. The first-order chi connectivity index (χ1) is 10.2. The highest BCUT2D eigenvalue weighted by Crippen LogP contribution is 2.23. The van der Waals surface area contributed by atoms with Gasteiger partial charge in [-0.15, -0.1) is 0 Å². The molecule has 0 unspecified atom stereocenters. The van der Waals surface area contributed by atoms with E-state index >= 15 is 0 Å². The second-order valence-corrected chi connectivity index (χ2v) is 5.43. The molecule has 6 heteroatoms. The molecule has 5 nitrogen and oxygen atoms in total. The van der Waals surface area contributed by atoms with E-state index in [0.717, 1.165) is 41.3 Å². The van der Waals surface area contributed by atoms with Crippen LogP contribution in [-0.4, -0.2) is 20.4 Å². The average molecular weight is 300 g/mol. The predicted octanol–water partition coefficient (Wildman–Crippen LogP) is 2.90. The van der Waals surface area contributed by atoms with E-state index in [9.17, 15) is 4.79 Å². The molecule has 0 aliphatic rings. The fourth-order valence-corrected chi connectivity index (χ4v) is 2.87. The summed E-state index contributed by atoms with van der Waals surface area (Å²) < 4.78 is 2.76. The number of carbonyl (C=O) groups excluding carboxylic acids is 1. The number of nitrogens with one attached hydrogen (secondary N) is 1. The first-order valence-corrected chi connectivity index (χ1v) is 7.32. The van der Waals surface area contributed by atoms with Crippen LogP contribution in [-0.2, 0) is 11.3 Å². The van der Waals surface area contributed by atoms with Crippen LogP contribution in [0.25, 0.3) is 21.9 Å². The molecule has 0 fully saturated rings. The number of primary amides is 1. The zero-order chi connectivity index (χ0) is 14.8. The molecule has 3 rings (SSSR count). The SMILES string of the molecule is NC(=O)CCCCn1c(=S)[nH]c2cnc3ccccc3c21. The van der Waals surface area contributed by atoms with E-state index in [1.54, 1.807) is 0 Å². The maximum absolute atomic E-state index is 10.8. The molecule has 0 spiro atoms. The van der Waals surface area contributed by atoms with Gasteiger partial charge in [-0.2, -0.15) is 0 Å². The first kappa shape index (κ1) is 13.8. The minimum absolute atomic E-state index is 0.257. The number of aromatic amines is 1. The largest absolute Gasteiger partial charge is 0.370 e. The number of nitrogens with zero attached hydrogens (tertiary/aromatic N) is 2. The summed E-state index contributed by atoms with van der Waals surface area (Å²) in [6, 6.07) is 8.01. The zero-order valence-corrected chi connectivity index (χ0v) is 12.3. The van der Waals surface area contributed by atoms with E-state index in [1.165, 1.54) is 0 Å². The minimum atomic E-state index is -0.257. The summed E-state index contributed by atoms with van der Waals surface area (Å²) in [7, 11) is 0. The number of hydrogen-bond donors (Lipinski definition) is 2. The standard InChI is InChI=1S/C15H16N4OS/c16-13(20)7-3-4-8-19-14-10-5-1-2-6-11(10)17-9-12(14)18-15(19)21/h1-2,5-6,9H,3-4,7-8H2,(H2,16,20)(H,18,21). The Morgan fingerprint density at radius 2 is 2.14 bits per heavy atom. The summed E-state index contributed by atoms with van der Waals surface area (Å²) in [5.41, 5.74) is 8.13. The van der Waals surface area contributed by atoms with Crippen molar-refractivity contribution in [3.05, 3.63) is 35.2 Å². The topological polar surface area (TPSA) is 76.7 Å². The molecule has 0 saturated carbocycles.